The zero-order chi connectivity index (χ0) is 15.8. The van der Waals surface area contributed by atoms with Gasteiger partial charge in [0.25, 0.3) is 0 Å². The Balaban J connectivity index is 1.55. The van der Waals surface area contributed by atoms with Gasteiger partial charge in [0.05, 0.1) is 5.69 Å². The third-order valence-corrected chi connectivity index (χ3v) is 5.17. The van der Waals surface area contributed by atoms with Crippen LogP contribution in [0.3, 0.4) is 0 Å². The molecule has 2 aliphatic rings. The van der Waals surface area contributed by atoms with E-state index in [2.05, 4.69) is 38.2 Å². The summed E-state index contributed by atoms with van der Waals surface area (Å²) in [7, 11) is 0. The number of carbonyl (C=O) groups is 1. The molecule has 0 bridgehead atoms. The Hall–Kier alpha value is -2.17. The summed E-state index contributed by atoms with van der Waals surface area (Å²) in [5, 5.41) is 11.1. The molecule has 0 aliphatic carbocycles. The van der Waals surface area contributed by atoms with Crippen LogP contribution >= 0.6 is 0 Å². The second kappa shape index (κ2) is 5.80. The fourth-order valence-electron chi connectivity index (χ4n) is 3.90. The smallest absolute Gasteiger partial charge is 0.222 e. The Kier molecular flexibility index (Phi) is 3.63. The van der Waals surface area contributed by atoms with Crippen molar-refractivity contribution in [2.45, 2.75) is 38.6 Å². The SMILES string of the molecule is Cc1nnc(N2CCC(N3CCCC3=O)CC2)c2ccccc12. The molecule has 0 unspecified atom stereocenters. The molecular formula is C18H22N4O. The summed E-state index contributed by atoms with van der Waals surface area (Å²) >= 11 is 0. The van der Waals surface area contributed by atoms with Crippen LogP contribution in [0.4, 0.5) is 5.82 Å². The van der Waals surface area contributed by atoms with E-state index in [-0.39, 0.29) is 0 Å². The molecule has 5 heteroatoms. The van der Waals surface area contributed by atoms with Crippen molar-refractivity contribution in [3.8, 4) is 0 Å². The summed E-state index contributed by atoms with van der Waals surface area (Å²) in [6.07, 6.45) is 3.80. The highest BCUT2D eigenvalue weighted by Crippen LogP contribution is 2.29. The Morgan fingerprint density at radius 3 is 2.48 bits per heavy atom. The van der Waals surface area contributed by atoms with Gasteiger partial charge in [-0.25, -0.2) is 0 Å². The van der Waals surface area contributed by atoms with Gasteiger partial charge in [0, 0.05) is 42.9 Å². The molecule has 0 radical (unpaired) electrons. The lowest BCUT2D eigenvalue weighted by Crippen LogP contribution is -2.45. The van der Waals surface area contributed by atoms with Crippen molar-refractivity contribution >= 4 is 22.5 Å². The Morgan fingerprint density at radius 1 is 1.04 bits per heavy atom. The van der Waals surface area contributed by atoms with Crippen molar-refractivity contribution in [1.82, 2.24) is 15.1 Å². The molecule has 0 saturated carbocycles. The number of hydrogen-bond donors (Lipinski definition) is 0. The van der Waals surface area contributed by atoms with Crippen LogP contribution in [-0.2, 0) is 4.79 Å². The summed E-state index contributed by atoms with van der Waals surface area (Å²) in [4.78, 5) is 16.3. The number of carbonyl (C=O) groups excluding carboxylic acids is 1. The van der Waals surface area contributed by atoms with Gasteiger partial charge in [-0.3, -0.25) is 4.79 Å². The number of piperidine rings is 1. The summed E-state index contributed by atoms with van der Waals surface area (Å²) in [6.45, 7) is 4.83. The number of aryl methyl sites for hydroxylation is 1. The molecule has 0 spiro atoms. The van der Waals surface area contributed by atoms with Crippen LogP contribution in [0.5, 0.6) is 0 Å². The van der Waals surface area contributed by atoms with Crippen molar-refractivity contribution < 1.29 is 4.79 Å². The van der Waals surface area contributed by atoms with Gasteiger partial charge in [-0.15, -0.1) is 5.10 Å². The number of anilines is 1. The van der Waals surface area contributed by atoms with Crippen LogP contribution in [0.15, 0.2) is 24.3 Å². The molecule has 0 N–H and O–H groups in total. The second-order valence-electron chi connectivity index (χ2n) is 6.56. The number of aromatic nitrogens is 2. The topological polar surface area (TPSA) is 49.3 Å². The molecule has 0 atom stereocenters. The predicted molar refractivity (Wildman–Crippen MR) is 90.5 cm³/mol. The largest absolute Gasteiger partial charge is 0.354 e. The Labute approximate surface area is 136 Å². The molecule has 1 aromatic heterocycles. The summed E-state index contributed by atoms with van der Waals surface area (Å²) in [5.74, 6) is 1.32. The number of amides is 1. The molecule has 4 rings (SSSR count). The molecule has 1 amide bonds. The number of hydrogen-bond acceptors (Lipinski definition) is 4. The first-order chi connectivity index (χ1) is 11.2. The molecular weight excluding hydrogens is 288 g/mol. The average molecular weight is 310 g/mol. The Morgan fingerprint density at radius 2 is 1.78 bits per heavy atom. The molecule has 23 heavy (non-hydrogen) atoms. The summed E-state index contributed by atoms with van der Waals surface area (Å²) in [6, 6.07) is 8.75. The van der Waals surface area contributed by atoms with E-state index in [1.165, 1.54) is 10.8 Å². The number of likely N-dealkylation sites (tertiary alicyclic amines) is 1. The number of nitrogens with zero attached hydrogens (tertiary/aromatic N) is 4. The molecule has 2 fully saturated rings. The number of rotatable bonds is 2. The van der Waals surface area contributed by atoms with Crippen LogP contribution in [0.1, 0.15) is 31.4 Å². The number of fused-ring (bicyclic) bond motifs is 1. The van der Waals surface area contributed by atoms with E-state index in [1.54, 1.807) is 0 Å². The quantitative estimate of drug-likeness (QED) is 0.855. The average Bonchev–Trinajstić information content (AvgIpc) is 3.02. The number of benzene rings is 1. The van der Waals surface area contributed by atoms with Gasteiger partial charge < -0.3 is 9.80 Å². The molecule has 2 aliphatic heterocycles. The fraction of sp³-hybridized carbons (Fsp3) is 0.500. The second-order valence-corrected chi connectivity index (χ2v) is 6.56. The normalized spacial score (nSPS) is 19.8. The lowest BCUT2D eigenvalue weighted by atomic mass is 10.0. The molecule has 2 aromatic rings. The Bertz CT molecular complexity index is 737. The van der Waals surface area contributed by atoms with E-state index < -0.39 is 0 Å². The van der Waals surface area contributed by atoms with Gasteiger partial charge in [0.2, 0.25) is 5.91 Å². The zero-order valence-electron chi connectivity index (χ0n) is 13.5. The van der Waals surface area contributed by atoms with E-state index in [1.807, 2.05) is 13.0 Å². The van der Waals surface area contributed by atoms with Crippen molar-refractivity contribution in [2.75, 3.05) is 24.5 Å². The molecule has 3 heterocycles. The highest BCUT2D eigenvalue weighted by atomic mass is 16.2. The van der Waals surface area contributed by atoms with Crippen molar-refractivity contribution in [3.63, 3.8) is 0 Å². The van der Waals surface area contributed by atoms with Crippen molar-refractivity contribution in [1.29, 1.82) is 0 Å². The van der Waals surface area contributed by atoms with E-state index in [9.17, 15) is 4.79 Å². The maximum Gasteiger partial charge on any atom is 0.222 e. The predicted octanol–water partition coefficient (Wildman–Crippen LogP) is 2.53. The van der Waals surface area contributed by atoms with Gasteiger partial charge in [-0.05, 0) is 26.2 Å². The van der Waals surface area contributed by atoms with Gasteiger partial charge in [0.15, 0.2) is 5.82 Å². The van der Waals surface area contributed by atoms with Crippen molar-refractivity contribution in [2.24, 2.45) is 0 Å². The summed E-state index contributed by atoms with van der Waals surface area (Å²) < 4.78 is 0. The highest BCUT2D eigenvalue weighted by Gasteiger charge is 2.31. The minimum atomic E-state index is 0.337. The van der Waals surface area contributed by atoms with E-state index in [0.717, 1.165) is 56.8 Å². The van der Waals surface area contributed by atoms with E-state index in [0.29, 0.717) is 11.9 Å². The van der Waals surface area contributed by atoms with Crippen LogP contribution in [0.2, 0.25) is 0 Å². The molecule has 5 nitrogen and oxygen atoms in total. The lowest BCUT2D eigenvalue weighted by Gasteiger charge is -2.37. The third kappa shape index (κ3) is 2.54. The van der Waals surface area contributed by atoms with E-state index >= 15 is 0 Å². The molecule has 1 aromatic carbocycles. The molecule has 2 saturated heterocycles. The van der Waals surface area contributed by atoms with Gasteiger partial charge in [0.1, 0.15) is 0 Å². The maximum atomic E-state index is 11.9. The van der Waals surface area contributed by atoms with Gasteiger partial charge in [-0.2, -0.15) is 5.10 Å². The lowest BCUT2D eigenvalue weighted by molar-refractivity contribution is -0.130. The van der Waals surface area contributed by atoms with Crippen LogP contribution in [0, 0.1) is 6.92 Å². The maximum absolute atomic E-state index is 11.9. The molecule has 120 valence electrons. The monoisotopic (exact) mass is 310 g/mol. The first-order valence-corrected chi connectivity index (χ1v) is 8.50. The zero-order valence-corrected chi connectivity index (χ0v) is 13.5. The van der Waals surface area contributed by atoms with Crippen LogP contribution < -0.4 is 4.90 Å². The minimum Gasteiger partial charge on any atom is -0.354 e. The van der Waals surface area contributed by atoms with Gasteiger partial charge in [-0.1, -0.05) is 24.3 Å². The van der Waals surface area contributed by atoms with Crippen molar-refractivity contribution in [3.05, 3.63) is 30.0 Å². The first kappa shape index (κ1) is 14.4. The van der Waals surface area contributed by atoms with Gasteiger partial charge >= 0.3 is 0 Å². The standard InChI is InChI=1S/C18H22N4O/c1-13-15-5-2-3-6-16(15)18(20-19-13)21-11-8-14(9-12-21)22-10-4-7-17(22)23/h2-3,5-6,14H,4,7-12H2,1H3. The minimum absolute atomic E-state index is 0.337. The first-order valence-electron chi connectivity index (χ1n) is 8.50. The van der Waals surface area contributed by atoms with E-state index in [4.69, 9.17) is 0 Å². The summed E-state index contributed by atoms with van der Waals surface area (Å²) in [5.41, 5.74) is 0.974. The highest BCUT2D eigenvalue weighted by molar-refractivity contribution is 5.93. The van der Waals surface area contributed by atoms with Crippen LogP contribution in [0.25, 0.3) is 10.8 Å². The fourth-order valence-corrected chi connectivity index (χ4v) is 3.90. The third-order valence-electron chi connectivity index (χ3n) is 5.17. The van der Waals surface area contributed by atoms with Crippen LogP contribution in [-0.4, -0.2) is 46.7 Å².